The third-order valence-corrected chi connectivity index (χ3v) is 3.94. The largest absolute Gasteiger partial charge is 0.444 e. The van der Waals surface area contributed by atoms with E-state index in [0.29, 0.717) is 4.90 Å². The van der Waals surface area contributed by atoms with Crippen LogP contribution in [-0.4, -0.2) is 38.3 Å². The van der Waals surface area contributed by atoms with Crippen LogP contribution in [0.4, 0.5) is 16.4 Å². The van der Waals surface area contributed by atoms with E-state index in [1.54, 1.807) is 24.3 Å². The number of aromatic nitrogens is 2. The topological polar surface area (TPSA) is 148 Å². The molecule has 2 aromatic rings. The quantitative estimate of drug-likeness (QED) is 0.530. The highest BCUT2D eigenvalue weighted by Gasteiger charge is 2.31. The fraction of sp³-hybridized carbons (Fsp3) is 0.133. The lowest BCUT2D eigenvalue weighted by molar-refractivity contribution is 0.0761. The molecule has 0 fully saturated rings. The molecule has 0 bridgehead atoms. The monoisotopic (exact) mass is 394 g/mol. The minimum atomic E-state index is -1.05. The molecule has 0 unspecified atom stereocenters. The molecule has 2 rings (SSSR count). The van der Waals surface area contributed by atoms with Crippen LogP contribution in [0, 0.1) is 5.41 Å². The first-order chi connectivity index (χ1) is 12.3. The van der Waals surface area contributed by atoms with E-state index >= 15 is 0 Å². The molecule has 0 spiro atoms. The third kappa shape index (κ3) is 4.41. The van der Waals surface area contributed by atoms with Crippen LogP contribution in [0.2, 0.25) is 5.15 Å². The summed E-state index contributed by atoms with van der Waals surface area (Å²) in [6.07, 6.45) is 0.477. The van der Waals surface area contributed by atoms with Crippen LogP contribution in [0.1, 0.15) is 16.1 Å². The molecule has 1 heterocycles. The first kappa shape index (κ1) is 19.5. The summed E-state index contributed by atoms with van der Waals surface area (Å²) in [4.78, 5) is 33.0. The van der Waals surface area contributed by atoms with Gasteiger partial charge in [0.05, 0.1) is 0 Å². The lowest BCUT2D eigenvalue weighted by Crippen LogP contribution is -2.41. The van der Waals surface area contributed by atoms with Gasteiger partial charge >= 0.3 is 6.09 Å². The fourth-order valence-electron chi connectivity index (χ4n) is 1.84. The Hall–Kier alpha value is -2.85. The molecule has 26 heavy (non-hydrogen) atoms. The van der Waals surface area contributed by atoms with Gasteiger partial charge in [-0.2, -0.15) is 4.90 Å². The van der Waals surface area contributed by atoms with Gasteiger partial charge < -0.3 is 16.2 Å². The Balaban J connectivity index is 2.26. The number of rotatable bonds is 3. The lowest BCUT2D eigenvalue weighted by atomic mass is 10.2. The van der Waals surface area contributed by atoms with Gasteiger partial charge in [-0.1, -0.05) is 53.7 Å². The number of nitrogens with zero attached hydrogens (tertiary/aromatic N) is 3. The summed E-state index contributed by atoms with van der Waals surface area (Å²) < 4.78 is 5.11. The van der Waals surface area contributed by atoms with Crippen molar-refractivity contribution in [3.63, 3.8) is 0 Å². The SMILES string of the molecule is CSC(=N)N(C(=O)OCc1ccccc1)C(=O)c1nc(Cl)c(N)nc1N. The zero-order valence-corrected chi connectivity index (χ0v) is 15.2. The molecule has 0 aliphatic heterocycles. The van der Waals surface area contributed by atoms with Crippen LogP contribution in [-0.2, 0) is 11.3 Å². The Morgan fingerprint density at radius 2 is 1.88 bits per heavy atom. The van der Waals surface area contributed by atoms with Crippen molar-refractivity contribution >= 4 is 52.2 Å². The van der Waals surface area contributed by atoms with Crippen LogP contribution >= 0.6 is 23.4 Å². The molecule has 0 saturated carbocycles. The fourth-order valence-corrected chi connectivity index (χ4v) is 2.30. The van der Waals surface area contributed by atoms with Gasteiger partial charge in [-0.05, 0) is 11.8 Å². The lowest BCUT2D eigenvalue weighted by Gasteiger charge is -2.20. The average molecular weight is 395 g/mol. The van der Waals surface area contributed by atoms with Gasteiger partial charge in [0.25, 0.3) is 5.91 Å². The number of amides is 2. The molecule has 136 valence electrons. The first-order valence-corrected chi connectivity index (χ1v) is 8.71. The first-order valence-electron chi connectivity index (χ1n) is 7.11. The van der Waals surface area contributed by atoms with Gasteiger partial charge in [0.2, 0.25) is 0 Å². The summed E-state index contributed by atoms with van der Waals surface area (Å²) in [6, 6.07) is 8.88. The van der Waals surface area contributed by atoms with Crippen molar-refractivity contribution in [2.75, 3.05) is 17.7 Å². The molecular formula is C15H15ClN6O3S. The number of carbonyl (C=O) groups is 2. The molecule has 2 amide bonds. The Morgan fingerprint density at radius 1 is 1.23 bits per heavy atom. The minimum Gasteiger partial charge on any atom is -0.444 e. The molecule has 1 aromatic carbocycles. The molecule has 0 atom stereocenters. The summed E-state index contributed by atoms with van der Waals surface area (Å²) >= 11 is 6.63. The van der Waals surface area contributed by atoms with Gasteiger partial charge in [-0.15, -0.1) is 0 Å². The second kappa shape index (κ2) is 8.50. The van der Waals surface area contributed by atoms with Crippen molar-refractivity contribution in [2.24, 2.45) is 0 Å². The zero-order valence-electron chi connectivity index (χ0n) is 13.6. The number of thioether (sulfide) groups is 1. The van der Waals surface area contributed by atoms with Crippen molar-refractivity contribution in [1.82, 2.24) is 14.9 Å². The highest BCUT2D eigenvalue weighted by molar-refractivity contribution is 8.13. The summed E-state index contributed by atoms with van der Waals surface area (Å²) in [7, 11) is 0. The van der Waals surface area contributed by atoms with Crippen molar-refractivity contribution in [3.8, 4) is 0 Å². The van der Waals surface area contributed by atoms with Crippen molar-refractivity contribution < 1.29 is 14.3 Å². The number of ether oxygens (including phenoxy) is 1. The third-order valence-electron chi connectivity index (χ3n) is 3.09. The molecule has 11 heteroatoms. The number of anilines is 2. The number of nitrogens with one attached hydrogen (secondary N) is 1. The van der Waals surface area contributed by atoms with E-state index in [1.807, 2.05) is 6.07 Å². The Labute approximate surface area is 158 Å². The average Bonchev–Trinajstić information content (AvgIpc) is 2.63. The molecule has 0 saturated heterocycles. The van der Waals surface area contributed by atoms with Crippen LogP contribution in [0.15, 0.2) is 30.3 Å². The van der Waals surface area contributed by atoms with Gasteiger partial charge in [0.1, 0.15) is 6.61 Å². The number of imide groups is 1. The number of hydrogen-bond acceptors (Lipinski definition) is 9. The van der Waals surface area contributed by atoms with Crippen LogP contribution in [0.25, 0.3) is 0 Å². The second-order valence-corrected chi connectivity index (χ2v) is 5.98. The summed E-state index contributed by atoms with van der Waals surface area (Å²) in [6.45, 7) is -0.0746. The van der Waals surface area contributed by atoms with Crippen LogP contribution in [0.3, 0.4) is 0 Å². The predicted molar refractivity (Wildman–Crippen MR) is 99.9 cm³/mol. The second-order valence-electron chi connectivity index (χ2n) is 4.82. The number of halogens is 1. The van der Waals surface area contributed by atoms with E-state index < -0.39 is 17.7 Å². The van der Waals surface area contributed by atoms with Crippen LogP contribution < -0.4 is 11.5 Å². The maximum Gasteiger partial charge on any atom is 0.423 e. The number of amidine groups is 1. The maximum atomic E-state index is 12.7. The molecule has 9 nitrogen and oxygen atoms in total. The molecule has 0 aliphatic carbocycles. The molecule has 5 N–H and O–H groups in total. The van der Waals surface area contributed by atoms with E-state index in [-0.39, 0.29) is 28.6 Å². The van der Waals surface area contributed by atoms with Gasteiger partial charge in [0, 0.05) is 0 Å². The summed E-state index contributed by atoms with van der Waals surface area (Å²) in [5.41, 5.74) is 11.4. The van der Waals surface area contributed by atoms with Crippen molar-refractivity contribution in [3.05, 3.63) is 46.7 Å². The highest BCUT2D eigenvalue weighted by atomic mass is 35.5. The van der Waals surface area contributed by atoms with E-state index in [9.17, 15) is 9.59 Å². The number of benzene rings is 1. The summed E-state index contributed by atoms with van der Waals surface area (Å²) in [5, 5.41) is 7.26. The smallest absolute Gasteiger partial charge is 0.423 e. The van der Waals surface area contributed by atoms with E-state index in [0.717, 1.165) is 17.3 Å². The molecule has 0 aliphatic rings. The number of hydrogen-bond donors (Lipinski definition) is 3. The van der Waals surface area contributed by atoms with E-state index in [2.05, 4.69) is 9.97 Å². The molecule has 0 radical (unpaired) electrons. The highest BCUT2D eigenvalue weighted by Crippen LogP contribution is 2.20. The number of nitrogen functional groups attached to an aromatic ring is 2. The Morgan fingerprint density at radius 3 is 2.50 bits per heavy atom. The predicted octanol–water partition coefficient (Wildman–Crippen LogP) is 2.37. The van der Waals surface area contributed by atoms with E-state index in [1.165, 1.54) is 6.26 Å². The van der Waals surface area contributed by atoms with E-state index in [4.69, 9.17) is 33.2 Å². The minimum absolute atomic E-state index is 0.0746. The van der Waals surface area contributed by atoms with Crippen molar-refractivity contribution in [1.29, 1.82) is 5.41 Å². The Kier molecular flexibility index (Phi) is 6.36. The van der Waals surface area contributed by atoms with Gasteiger partial charge in [-0.25, -0.2) is 14.8 Å². The van der Waals surface area contributed by atoms with Crippen molar-refractivity contribution in [2.45, 2.75) is 6.61 Å². The summed E-state index contributed by atoms with van der Waals surface area (Å²) in [5.74, 6) is -1.46. The number of nitrogens with two attached hydrogens (primary N) is 2. The maximum absolute atomic E-state index is 12.7. The Bertz CT molecular complexity index is 849. The molecule has 1 aromatic heterocycles. The van der Waals surface area contributed by atoms with Crippen LogP contribution in [0.5, 0.6) is 0 Å². The molecular weight excluding hydrogens is 380 g/mol. The zero-order chi connectivity index (χ0) is 19.3. The van der Waals surface area contributed by atoms with Gasteiger partial charge in [-0.3, -0.25) is 10.2 Å². The normalized spacial score (nSPS) is 10.2. The standard InChI is InChI=1S/C15H15ClN6O3S/c1-26-14(19)22(15(24)25-7-8-5-3-2-4-6-8)13(23)9-11(17)21-12(18)10(16)20-9/h2-6,19H,7H2,1H3,(H4,17,18,21). The van der Waals surface area contributed by atoms with Gasteiger partial charge in [0.15, 0.2) is 27.7 Å². The number of carbonyl (C=O) groups excluding carboxylic acids is 2.